The molecule has 1 nitrogen and oxygen atoms in total. The van der Waals surface area contributed by atoms with Gasteiger partial charge in [0, 0.05) is 7.05 Å². The van der Waals surface area contributed by atoms with E-state index in [2.05, 4.69) is 0 Å². The van der Waals surface area contributed by atoms with Crippen LogP contribution in [0.1, 0.15) is 0 Å². The zero-order valence-electron chi connectivity index (χ0n) is 8.27. The molecule has 0 spiro atoms. The van der Waals surface area contributed by atoms with Gasteiger partial charge in [0.1, 0.15) is 5.15 Å². The lowest BCUT2D eigenvalue weighted by atomic mass is 10.1. The number of benzene rings is 1. The van der Waals surface area contributed by atoms with Crippen molar-refractivity contribution in [2.75, 3.05) is 0 Å². The summed E-state index contributed by atoms with van der Waals surface area (Å²) < 4.78 is 1.80. The highest BCUT2D eigenvalue weighted by atomic mass is 35.5. The largest absolute Gasteiger partial charge is 0.333 e. The van der Waals surface area contributed by atoms with Crippen LogP contribution in [0.15, 0.2) is 24.3 Å². The fraction of sp³-hybridized carbons (Fsp3) is 0.0909. The lowest BCUT2D eigenvalue weighted by molar-refractivity contribution is 0.938. The Bertz CT molecular complexity index is 545. The quantitative estimate of drug-likeness (QED) is 0.672. The number of rotatable bonds is 1. The van der Waals surface area contributed by atoms with E-state index in [0.717, 1.165) is 11.3 Å². The lowest BCUT2D eigenvalue weighted by Gasteiger charge is -2.05. The Kier molecular flexibility index (Phi) is 3.41. The molecule has 5 heteroatoms. The van der Waals surface area contributed by atoms with E-state index in [0.29, 0.717) is 20.2 Å². The first kappa shape index (κ1) is 12.1. The molecule has 0 aliphatic carbocycles. The first-order chi connectivity index (χ1) is 7.50. The van der Waals surface area contributed by atoms with Crippen LogP contribution >= 0.6 is 46.4 Å². The van der Waals surface area contributed by atoms with Crippen LogP contribution in [0.25, 0.3) is 11.3 Å². The van der Waals surface area contributed by atoms with Gasteiger partial charge in [0.05, 0.1) is 20.8 Å². The summed E-state index contributed by atoms with van der Waals surface area (Å²) in [5.74, 6) is 0. The minimum atomic E-state index is 0.503. The fourth-order valence-corrected chi connectivity index (χ4v) is 2.15. The van der Waals surface area contributed by atoms with Crippen LogP contribution in [-0.4, -0.2) is 4.57 Å². The van der Waals surface area contributed by atoms with Crippen LogP contribution < -0.4 is 0 Å². The molecule has 0 aliphatic heterocycles. The molecule has 0 radical (unpaired) electrons. The van der Waals surface area contributed by atoms with Crippen LogP contribution in [0.3, 0.4) is 0 Å². The van der Waals surface area contributed by atoms with Crippen molar-refractivity contribution in [1.29, 1.82) is 0 Å². The average Bonchev–Trinajstić information content (AvgIpc) is 2.50. The van der Waals surface area contributed by atoms with E-state index in [1.807, 2.05) is 13.1 Å². The number of aromatic nitrogens is 1. The van der Waals surface area contributed by atoms with Crippen molar-refractivity contribution < 1.29 is 0 Å². The predicted molar refractivity (Wildman–Crippen MR) is 70.9 cm³/mol. The summed E-state index contributed by atoms with van der Waals surface area (Å²) in [5, 5.41) is 2.05. The summed E-state index contributed by atoms with van der Waals surface area (Å²) in [4.78, 5) is 0. The first-order valence-corrected chi connectivity index (χ1v) is 5.98. The molecule has 0 atom stereocenters. The zero-order valence-corrected chi connectivity index (χ0v) is 11.3. The van der Waals surface area contributed by atoms with E-state index in [1.165, 1.54) is 0 Å². The van der Waals surface area contributed by atoms with Gasteiger partial charge >= 0.3 is 0 Å². The van der Waals surface area contributed by atoms with Gasteiger partial charge in [-0.15, -0.1) is 0 Å². The molecule has 1 aromatic carbocycles. The Balaban J connectivity index is 2.59. The van der Waals surface area contributed by atoms with Gasteiger partial charge in [0.25, 0.3) is 0 Å². The second-order valence-corrected chi connectivity index (χ2v) is 4.94. The molecule has 0 aliphatic rings. The van der Waals surface area contributed by atoms with Gasteiger partial charge in [-0.1, -0.05) is 52.5 Å². The maximum Gasteiger partial charge on any atom is 0.127 e. The summed E-state index contributed by atoms with van der Waals surface area (Å²) in [6.07, 6.45) is 0. The van der Waals surface area contributed by atoms with Crippen molar-refractivity contribution in [3.63, 3.8) is 0 Å². The topological polar surface area (TPSA) is 4.93 Å². The van der Waals surface area contributed by atoms with Gasteiger partial charge in [-0.3, -0.25) is 0 Å². The molecular weight excluding hydrogens is 288 g/mol. The number of hydrogen-bond donors (Lipinski definition) is 0. The molecule has 0 saturated heterocycles. The molecule has 2 rings (SSSR count). The molecule has 0 amide bonds. The van der Waals surface area contributed by atoms with Crippen molar-refractivity contribution >= 4 is 46.4 Å². The Labute approximate surface area is 113 Å². The molecule has 16 heavy (non-hydrogen) atoms. The van der Waals surface area contributed by atoms with Gasteiger partial charge in [-0.2, -0.15) is 0 Å². The van der Waals surface area contributed by atoms with Crippen LogP contribution in [0.4, 0.5) is 0 Å². The second kappa shape index (κ2) is 4.50. The normalized spacial score (nSPS) is 10.8. The van der Waals surface area contributed by atoms with Gasteiger partial charge in [-0.25, -0.2) is 0 Å². The molecular formula is C11H7Cl4N. The van der Waals surface area contributed by atoms with Crippen molar-refractivity contribution in [2.24, 2.45) is 7.05 Å². The highest BCUT2D eigenvalue weighted by molar-refractivity contribution is 6.42. The molecule has 0 N–H and O–H groups in total. The van der Waals surface area contributed by atoms with Crippen molar-refractivity contribution in [3.8, 4) is 11.3 Å². The summed E-state index contributed by atoms with van der Waals surface area (Å²) in [7, 11) is 1.84. The maximum atomic E-state index is 5.99. The lowest BCUT2D eigenvalue weighted by Crippen LogP contribution is -1.91. The third-order valence-corrected chi connectivity index (χ3v) is 3.91. The Morgan fingerprint density at radius 1 is 0.875 bits per heavy atom. The SMILES string of the molecule is Cn1c(-c2ccc(Cl)c(Cl)c2)cc(Cl)c1Cl. The van der Waals surface area contributed by atoms with E-state index in [1.54, 1.807) is 22.8 Å². The van der Waals surface area contributed by atoms with Gasteiger partial charge in [0.2, 0.25) is 0 Å². The van der Waals surface area contributed by atoms with Crippen molar-refractivity contribution in [2.45, 2.75) is 0 Å². The first-order valence-electron chi connectivity index (χ1n) is 4.47. The molecule has 2 aromatic rings. The molecule has 0 saturated carbocycles. The highest BCUT2D eigenvalue weighted by Gasteiger charge is 2.11. The van der Waals surface area contributed by atoms with E-state index in [4.69, 9.17) is 46.4 Å². The number of nitrogens with zero attached hydrogens (tertiary/aromatic N) is 1. The molecule has 0 unspecified atom stereocenters. The molecule has 0 bridgehead atoms. The van der Waals surface area contributed by atoms with Gasteiger partial charge < -0.3 is 4.57 Å². The Morgan fingerprint density at radius 3 is 2.06 bits per heavy atom. The number of hydrogen-bond acceptors (Lipinski definition) is 0. The molecule has 1 aromatic heterocycles. The van der Waals surface area contributed by atoms with Crippen molar-refractivity contribution in [1.82, 2.24) is 4.57 Å². The summed E-state index contributed by atoms with van der Waals surface area (Å²) >= 11 is 23.7. The van der Waals surface area contributed by atoms with E-state index in [9.17, 15) is 0 Å². The van der Waals surface area contributed by atoms with E-state index < -0.39 is 0 Å². The second-order valence-electron chi connectivity index (χ2n) is 3.36. The zero-order chi connectivity index (χ0) is 11.9. The monoisotopic (exact) mass is 293 g/mol. The molecule has 84 valence electrons. The minimum absolute atomic E-state index is 0.503. The third kappa shape index (κ3) is 2.05. The van der Waals surface area contributed by atoms with E-state index in [-0.39, 0.29) is 0 Å². The summed E-state index contributed by atoms with van der Waals surface area (Å²) in [5.41, 5.74) is 1.82. The number of halogens is 4. The van der Waals surface area contributed by atoms with Crippen LogP contribution in [0, 0.1) is 0 Å². The van der Waals surface area contributed by atoms with Crippen LogP contribution in [0.5, 0.6) is 0 Å². The highest BCUT2D eigenvalue weighted by Crippen LogP contribution is 2.34. The molecule has 0 fully saturated rings. The average molecular weight is 295 g/mol. The standard InChI is InChI=1S/C11H7Cl4N/c1-16-10(5-9(14)11(16)15)6-2-3-7(12)8(13)4-6/h2-5H,1H3. The Morgan fingerprint density at radius 2 is 1.56 bits per heavy atom. The Hall–Kier alpha value is -0.340. The van der Waals surface area contributed by atoms with E-state index >= 15 is 0 Å². The predicted octanol–water partition coefficient (Wildman–Crippen LogP) is 5.31. The summed E-state index contributed by atoms with van der Waals surface area (Å²) in [6, 6.07) is 7.19. The third-order valence-electron chi connectivity index (χ3n) is 2.33. The van der Waals surface area contributed by atoms with Crippen LogP contribution in [0.2, 0.25) is 20.2 Å². The minimum Gasteiger partial charge on any atom is -0.333 e. The maximum absolute atomic E-state index is 5.99. The van der Waals surface area contributed by atoms with Gasteiger partial charge in [-0.05, 0) is 23.8 Å². The smallest absolute Gasteiger partial charge is 0.127 e. The molecule has 1 heterocycles. The van der Waals surface area contributed by atoms with Gasteiger partial charge in [0.15, 0.2) is 0 Å². The summed E-state index contributed by atoms with van der Waals surface area (Å²) in [6.45, 7) is 0. The fourth-order valence-electron chi connectivity index (χ4n) is 1.47. The van der Waals surface area contributed by atoms with Crippen LogP contribution in [-0.2, 0) is 7.05 Å². The van der Waals surface area contributed by atoms with Crippen molar-refractivity contribution in [3.05, 3.63) is 44.5 Å².